The fraction of sp³-hybridized carbons (Fsp3) is 0.615. The van der Waals surface area contributed by atoms with E-state index in [4.69, 9.17) is 6.42 Å². The van der Waals surface area contributed by atoms with Crippen LogP contribution in [-0.2, 0) is 4.79 Å². The summed E-state index contributed by atoms with van der Waals surface area (Å²) in [5, 5.41) is 10.00. The second kappa shape index (κ2) is 5.14. The van der Waals surface area contributed by atoms with Gasteiger partial charge in [-0.05, 0) is 25.7 Å². The van der Waals surface area contributed by atoms with Crippen molar-refractivity contribution in [3.8, 4) is 12.3 Å². The van der Waals surface area contributed by atoms with Crippen molar-refractivity contribution in [3.05, 3.63) is 12.7 Å². The number of Topliss-reactive ketones (excluding diaryl/α,β-unsaturated/α-hetero) is 1. The van der Waals surface area contributed by atoms with Crippen LogP contribution in [0.15, 0.2) is 12.7 Å². The molecule has 15 heavy (non-hydrogen) atoms. The first-order valence-corrected chi connectivity index (χ1v) is 5.43. The number of hydrogen-bond donors (Lipinski definition) is 1. The summed E-state index contributed by atoms with van der Waals surface area (Å²) in [6.45, 7) is 3.65. The van der Waals surface area contributed by atoms with E-state index in [0.29, 0.717) is 12.8 Å². The summed E-state index contributed by atoms with van der Waals surface area (Å²) in [5.74, 6) is 2.61. The van der Waals surface area contributed by atoms with E-state index in [1.807, 2.05) is 0 Å². The van der Waals surface area contributed by atoms with Crippen LogP contribution in [-0.4, -0.2) is 17.0 Å². The number of terminal acetylenes is 1. The quantitative estimate of drug-likeness (QED) is 0.552. The van der Waals surface area contributed by atoms with E-state index in [-0.39, 0.29) is 12.2 Å². The van der Waals surface area contributed by atoms with Gasteiger partial charge in [0.2, 0.25) is 0 Å². The average Bonchev–Trinajstić information content (AvgIpc) is 2.58. The third-order valence-corrected chi connectivity index (χ3v) is 3.33. The average molecular weight is 206 g/mol. The van der Waals surface area contributed by atoms with E-state index >= 15 is 0 Å². The number of carbonyl (C=O) groups is 1. The number of hydrogen-bond acceptors (Lipinski definition) is 2. The van der Waals surface area contributed by atoms with Crippen molar-refractivity contribution >= 4 is 5.78 Å². The lowest BCUT2D eigenvalue weighted by Crippen LogP contribution is -2.38. The number of carbonyl (C=O) groups excluding carboxylic acids is 1. The molecule has 0 aromatic rings. The van der Waals surface area contributed by atoms with Crippen LogP contribution in [0.3, 0.4) is 0 Å². The Morgan fingerprint density at radius 1 is 1.73 bits per heavy atom. The van der Waals surface area contributed by atoms with E-state index in [2.05, 4.69) is 12.5 Å². The Morgan fingerprint density at radius 2 is 2.47 bits per heavy atom. The first kappa shape index (κ1) is 12.0. The van der Waals surface area contributed by atoms with Crippen LogP contribution >= 0.6 is 0 Å². The fourth-order valence-corrected chi connectivity index (χ4v) is 2.40. The highest BCUT2D eigenvalue weighted by Crippen LogP contribution is 2.43. The minimum Gasteiger partial charge on any atom is -0.391 e. The molecular formula is C13H18O2. The summed E-state index contributed by atoms with van der Waals surface area (Å²) in [7, 11) is 0. The largest absolute Gasteiger partial charge is 0.391 e. The molecule has 2 atom stereocenters. The molecule has 1 fully saturated rings. The maximum absolute atomic E-state index is 11.9. The molecule has 0 saturated heterocycles. The molecule has 1 aliphatic rings. The fourth-order valence-electron chi connectivity index (χ4n) is 2.40. The normalized spacial score (nSPS) is 27.3. The highest BCUT2D eigenvalue weighted by atomic mass is 16.3. The summed E-state index contributed by atoms with van der Waals surface area (Å²) in [6.07, 6.45) is 10.2. The van der Waals surface area contributed by atoms with Gasteiger partial charge in [0.15, 0.2) is 0 Å². The van der Waals surface area contributed by atoms with Gasteiger partial charge in [-0.1, -0.05) is 6.08 Å². The van der Waals surface area contributed by atoms with Crippen molar-refractivity contribution in [3.63, 3.8) is 0 Å². The summed E-state index contributed by atoms with van der Waals surface area (Å²) < 4.78 is 0. The molecule has 1 rings (SSSR count). The maximum atomic E-state index is 11.9. The monoisotopic (exact) mass is 206 g/mol. The van der Waals surface area contributed by atoms with Gasteiger partial charge in [-0.2, -0.15) is 0 Å². The Kier molecular flexibility index (Phi) is 4.11. The standard InChI is InChI=1S/C13H18O2/c1-3-5-9-13(11(14)7-4-2)10-6-8-12(13)15/h2-3,11,14H,1,5-10H2. The number of allylic oxidation sites excluding steroid dienone is 1. The Hall–Kier alpha value is -1.07. The summed E-state index contributed by atoms with van der Waals surface area (Å²) in [6, 6.07) is 0. The Bertz CT molecular complexity index is 287. The van der Waals surface area contributed by atoms with E-state index in [1.165, 1.54) is 0 Å². The zero-order valence-electron chi connectivity index (χ0n) is 9.04. The van der Waals surface area contributed by atoms with E-state index < -0.39 is 11.5 Å². The van der Waals surface area contributed by atoms with Gasteiger partial charge in [-0.3, -0.25) is 4.79 Å². The SMILES string of the molecule is C#CCC(O)C1(CCC=C)CCCC1=O. The smallest absolute Gasteiger partial charge is 0.141 e. The van der Waals surface area contributed by atoms with Crippen LogP contribution in [0.25, 0.3) is 0 Å². The Balaban J connectivity index is 2.80. The van der Waals surface area contributed by atoms with Crippen LogP contribution in [0.1, 0.15) is 38.5 Å². The molecule has 0 bridgehead atoms. The lowest BCUT2D eigenvalue weighted by Gasteiger charge is -2.31. The van der Waals surface area contributed by atoms with Gasteiger partial charge in [-0.15, -0.1) is 18.9 Å². The topological polar surface area (TPSA) is 37.3 Å². The van der Waals surface area contributed by atoms with E-state index in [9.17, 15) is 9.90 Å². The Labute approximate surface area is 91.4 Å². The van der Waals surface area contributed by atoms with Gasteiger partial charge in [0.05, 0.1) is 11.5 Å². The molecule has 0 radical (unpaired) electrons. The molecule has 0 heterocycles. The van der Waals surface area contributed by atoms with Gasteiger partial charge in [-0.25, -0.2) is 0 Å². The van der Waals surface area contributed by atoms with Gasteiger partial charge in [0.1, 0.15) is 5.78 Å². The summed E-state index contributed by atoms with van der Waals surface area (Å²) >= 11 is 0. The van der Waals surface area contributed by atoms with Crippen LogP contribution < -0.4 is 0 Å². The second-order valence-electron chi connectivity index (χ2n) is 4.18. The molecule has 2 unspecified atom stereocenters. The number of aliphatic hydroxyl groups excluding tert-OH is 1. The predicted octanol–water partition coefficient (Wildman–Crippen LogP) is 2.08. The van der Waals surface area contributed by atoms with Gasteiger partial charge in [0.25, 0.3) is 0 Å². The van der Waals surface area contributed by atoms with Crippen molar-refractivity contribution in [1.29, 1.82) is 0 Å². The molecule has 0 spiro atoms. The molecular weight excluding hydrogens is 188 g/mol. The third-order valence-electron chi connectivity index (χ3n) is 3.33. The van der Waals surface area contributed by atoms with Crippen molar-refractivity contribution < 1.29 is 9.90 Å². The first-order chi connectivity index (χ1) is 7.17. The minimum absolute atomic E-state index is 0.173. The molecule has 0 aromatic heterocycles. The first-order valence-electron chi connectivity index (χ1n) is 5.43. The number of ketones is 1. The number of aliphatic hydroxyl groups is 1. The third kappa shape index (κ3) is 2.30. The van der Waals surface area contributed by atoms with E-state index in [0.717, 1.165) is 19.3 Å². The molecule has 0 aromatic carbocycles. The van der Waals surface area contributed by atoms with Crippen molar-refractivity contribution in [1.82, 2.24) is 0 Å². The summed E-state index contributed by atoms with van der Waals surface area (Å²) in [5.41, 5.74) is -0.583. The molecule has 82 valence electrons. The molecule has 2 heteroatoms. The van der Waals surface area contributed by atoms with Crippen molar-refractivity contribution in [2.45, 2.75) is 44.6 Å². The Morgan fingerprint density at radius 3 is 2.93 bits per heavy atom. The molecule has 1 aliphatic carbocycles. The predicted molar refractivity (Wildman–Crippen MR) is 60.2 cm³/mol. The van der Waals surface area contributed by atoms with E-state index in [1.54, 1.807) is 6.08 Å². The maximum Gasteiger partial charge on any atom is 0.141 e. The van der Waals surface area contributed by atoms with Crippen LogP contribution in [0.4, 0.5) is 0 Å². The van der Waals surface area contributed by atoms with Gasteiger partial charge < -0.3 is 5.11 Å². The molecule has 1 saturated carbocycles. The lowest BCUT2D eigenvalue weighted by molar-refractivity contribution is -0.132. The lowest BCUT2D eigenvalue weighted by atomic mass is 9.74. The number of rotatable bonds is 5. The second-order valence-corrected chi connectivity index (χ2v) is 4.18. The van der Waals surface area contributed by atoms with Crippen molar-refractivity contribution in [2.24, 2.45) is 5.41 Å². The highest BCUT2D eigenvalue weighted by Gasteiger charge is 2.46. The molecule has 2 nitrogen and oxygen atoms in total. The molecule has 1 N–H and O–H groups in total. The van der Waals surface area contributed by atoms with Gasteiger partial charge in [0, 0.05) is 12.8 Å². The highest BCUT2D eigenvalue weighted by molar-refractivity contribution is 5.87. The van der Waals surface area contributed by atoms with Gasteiger partial charge >= 0.3 is 0 Å². The molecule has 0 amide bonds. The van der Waals surface area contributed by atoms with Crippen LogP contribution in [0, 0.1) is 17.8 Å². The minimum atomic E-state index is -0.683. The summed E-state index contributed by atoms with van der Waals surface area (Å²) in [4.78, 5) is 11.9. The molecule has 0 aliphatic heterocycles. The zero-order valence-corrected chi connectivity index (χ0v) is 9.04. The zero-order chi connectivity index (χ0) is 11.3. The van der Waals surface area contributed by atoms with Crippen molar-refractivity contribution in [2.75, 3.05) is 0 Å². The van der Waals surface area contributed by atoms with Crippen LogP contribution in [0.2, 0.25) is 0 Å². The van der Waals surface area contributed by atoms with Crippen LogP contribution in [0.5, 0.6) is 0 Å².